The predicted octanol–water partition coefficient (Wildman–Crippen LogP) is -2.88. The highest BCUT2D eigenvalue weighted by Crippen LogP contribution is 2.25. The van der Waals surface area contributed by atoms with Gasteiger partial charge in [-0.25, -0.2) is 0 Å². The molecule has 0 radical (unpaired) electrons. The molecule has 1 amide bonds. The lowest BCUT2D eigenvalue weighted by Crippen LogP contribution is -3.19. The number of hydrogen-bond acceptors (Lipinski definition) is 12. The summed E-state index contributed by atoms with van der Waals surface area (Å²) in [5.74, 6) is -3.52. The van der Waals surface area contributed by atoms with Gasteiger partial charge in [-0.2, -0.15) is 0 Å². The Morgan fingerprint density at radius 1 is 0.970 bits per heavy atom. The monoisotopic (exact) mass is 495 g/mol. The number of carbonyl (C=O) groups excluding carboxylic acids is 5. The molecule has 7 atom stereocenters. The van der Waals surface area contributed by atoms with Crippen LogP contribution >= 0.6 is 11.8 Å². The Labute approximate surface area is 195 Å². The molecule has 1 rings (SSSR count). The molecule has 0 aromatic carbocycles. The van der Waals surface area contributed by atoms with Crippen LogP contribution in [0.25, 0.3) is 0 Å². The van der Waals surface area contributed by atoms with E-state index < -0.39 is 72.2 Å². The summed E-state index contributed by atoms with van der Waals surface area (Å²) in [6.45, 7) is 3.80. The Kier molecular flexibility index (Phi) is 11.6. The zero-order valence-corrected chi connectivity index (χ0v) is 19.9. The first-order valence-electron chi connectivity index (χ1n) is 9.97. The van der Waals surface area contributed by atoms with Crippen molar-refractivity contribution in [2.45, 2.75) is 63.5 Å². The number of thioether (sulfide) groups is 1. The molecule has 1 saturated heterocycles. The summed E-state index contributed by atoms with van der Waals surface area (Å²) in [4.78, 5) is 59.0. The van der Waals surface area contributed by atoms with E-state index in [4.69, 9.17) is 29.4 Å². The lowest BCUT2D eigenvalue weighted by Gasteiger charge is -2.36. The van der Waals surface area contributed by atoms with Gasteiger partial charge < -0.3 is 34.5 Å². The Bertz CT molecular complexity index is 735. The van der Waals surface area contributed by atoms with E-state index in [0.29, 0.717) is 4.90 Å². The number of hydrogen-bond donors (Lipinski definition) is 3. The summed E-state index contributed by atoms with van der Waals surface area (Å²) < 4.78 is 25.8. The first-order valence-corrected chi connectivity index (χ1v) is 11.0. The highest BCUT2D eigenvalue weighted by Gasteiger charge is 2.52. The van der Waals surface area contributed by atoms with Crippen molar-refractivity contribution in [3.63, 3.8) is 0 Å². The van der Waals surface area contributed by atoms with Crippen LogP contribution in [-0.2, 0) is 47.7 Å². The number of carbonyl (C=O) groups is 5. The Hall–Kier alpha value is -2.42. The number of ether oxygens (including phenoxy) is 5. The van der Waals surface area contributed by atoms with Crippen LogP contribution in [0.3, 0.4) is 0 Å². The fraction of sp³-hybridized carbons (Fsp3) is 0.737. The molecule has 0 aliphatic carbocycles. The van der Waals surface area contributed by atoms with Crippen LogP contribution in [0.1, 0.15) is 27.7 Å². The first-order chi connectivity index (χ1) is 15.4. The average molecular weight is 496 g/mol. The molecule has 33 heavy (non-hydrogen) atoms. The van der Waals surface area contributed by atoms with Gasteiger partial charge in [-0.05, 0) is 0 Å². The summed E-state index contributed by atoms with van der Waals surface area (Å²) in [7, 11) is 1.40. The van der Waals surface area contributed by atoms with Crippen molar-refractivity contribution in [3.8, 4) is 0 Å². The number of methoxy groups -OCH3 is 1. The topological polar surface area (TPSA) is 182 Å². The van der Waals surface area contributed by atoms with E-state index in [1.807, 2.05) is 0 Å². The molecule has 1 unspecified atom stereocenters. The van der Waals surface area contributed by atoms with Crippen LogP contribution in [0.4, 0.5) is 0 Å². The number of primary amides is 1. The third kappa shape index (κ3) is 8.79. The van der Waals surface area contributed by atoms with E-state index in [1.54, 1.807) is 0 Å². The molecule has 0 aromatic rings. The first kappa shape index (κ1) is 28.6. The van der Waals surface area contributed by atoms with Crippen molar-refractivity contribution in [1.29, 1.82) is 0 Å². The van der Waals surface area contributed by atoms with E-state index in [2.05, 4.69) is 0 Å². The smallest absolute Gasteiger partial charge is 0.303 e. The van der Waals surface area contributed by atoms with Gasteiger partial charge in [0.1, 0.15) is 6.61 Å². The summed E-state index contributed by atoms with van der Waals surface area (Å²) in [6.07, 6.45) is -6.03. The molecule has 13 nitrogen and oxygen atoms in total. The number of esters is 4. The standard InChI is InChI=1S/C19H30N2O11S/c1-9(22)29-6-14(30-10(2)23)16(31-11(3)24)17(32-12(4)25)15(26)19-21(8-28-5)13(7-33-19)18(20)27/h13-17,19,26H,6-8H2,1-5H3,(H2,20,27)/p+1/t13-,14-,15-,16+,17+,19-/m0/s1. The van der Waals surface area contributed by atoms with Gasteiger partial charge in [-0.3, -0.25) is 28.9 Å². The summed E-state index contributed by atoms with van der Waals surface area (Å²) in [6, 6.07) is -0.704. The molecule has 1 fully saturated rings. The van der Waals surface area contributed by atoms with Gasteiger partial charge in [-0.15, -0.1) is 0 Å². The lowest BCUT2D eigenvalue weighted by molar-refractivity contribution is -0.940. The number of quaternary nitrogens is 1. The van der Waals surface area contributed by atoms with Crippen molar-refractivity contribution in [2.24, 2.45) is 5.73 Å². The molecule has 1 aliphatic heterocycles. The quantitative estimate of drug-likeness (QED) is 0.186. The van der Waals surface area contributed by atoms with Gasteiger partial charge in [0.05, 0.1) is 5.75 Å². The summed E-state index contributed by atoms with van der Waals surface area (Å²) >= 11 is 1.18. The Morgan fingerprint density at radius 3 is 1.97 bits per heavy atom. The minimum absolute atomic E-state index is 0.00577. The van der Waals surface area contributed by atoms with E-state index in [9.17, 15) is 29.1 Å². The second kappa shape index (κ2) is 13.3. The number of nitrogens with one attached hydrogen (secondary N) is 1. The second-order valence-electron chi connectivity index (χ2n) is 7.31. The normalized spacial score (nSPS) is 23.5. The maximum Gasteiger partial charge on any atom is 0.303 e. The van der Waals surface area contributed by atoms with Crippen LogP contribution in [0, 0.1) is 0 Å². The van der Waals surface area contributed by atoms with E-state index in [0.717, 1.165) is 27.7 Å². The van der Waals surface area contributed by atoms with Gasteiger partial charge in [0.25, 0.3) is 5.91 Å². The summed E-state index contributed by atoms with van der Waals surface area (Å²) in [5.41, 5.74) is 5.46. The van der Waals surface area contributed by atoms with Crippen LogP contribution in [0.2, 0.25) is 0 Å². The van der Waals surface area contributed by atoms with Crippen LogP contribution < -0.4 is 10.6 Å². The zero-order valence-electron chi connectivity index (χ0n) is 19.1. The molecule has 0 aromatic heterocycles. The van der Waals surface area contributed by atoms with Crippen molar-refractivity contribution in [3.05, 3.63) is 0 Å². The zero-order chi connectivity index (χ0) is 25.3. The number of nitrogens with two attached hydrogens (primary N) is 1. The van der Waals surface area contributed by atoms with Crippen LogP contribution in [0.5, 0.6) is 0 Å². The molecule has 188 valence electrons. The number of rotatable bonds is 12. The molecule has 0 spiro atoms. The fourth-order valence-corrected chi connectivity index (χ4v) is 4.97. The predicted molar refractivity (Wildman–Crippen MR) is 111 cm³/mol. The maximum absolute atomic E-state index is 11.9. The highest BCUT2D eigenvalue weighted by molar-refractivity contribution is 8.00. The van der Waals surface area contributed by atoms with E-state index in [1.165, 1.54) is 18.9 Å². The molecule has 1 aliphatic rings. The van der Waals surface area contributed by atoms with Gasteiger partial charge >= 0.3 is 23.9 Å². The van der Waals surface area contributed by atoms with Crippen molar-refractivity contribution >= 4 is 41.5 Å². The van der Waals surface area contributed by atoms with E-state index in [-0.39, 0.29) is 12.5 Å². The van der Waals surface area contributed by atoms with Gasteiger partial charge in [0.15, 0.2) is 42.6 Å². The molecular weight excluding hydrogens is 464 g/mol. The minimum Gasteiger partial charge on any atom is -0.462 e. The van der Waals surface area contributed by atoms with Gasteiger partial charge in [0, 0.05) is 34.8 Å². The van der Waals surface area contributed by atoms with Crippen molar-refractivity contribution < 1.29 is 57.7 Å². The second-order valence-corrected chi connectivity index (χ2v) is 8.48. The summed E-state index contributed by atoms with van der Waals surface area (Å²) in [5, 5.41) is 10.4. The molecular formula is C19H31N2O11S+. The molecule has 4 N–H and O–H groups in total. The highest BCUT2D eigenvalue weighted by atomic mass is 32.2. The molecule has 0 bridgehead atoms. The third-order valence-electron chi connectivity index (χ3n) is 4.62. The Morgan fingerprint density at radius 2 is 1.52 bits per heavy atom. The van der Waals surface area contributed by atoms with E-state index >= 15 is 0 Å². The molecule has 1 heterocycles. The number of aliphatic hydroxyl groups excluding tert-OH is 1. The number of aliphatic hydroxyl groups is 1. The van der Waals surface area contributed by atoms with Gasteiger partial charge in [0.2, 0.25) is 0 Å². The maximum atomic E-state index is 11.9. The molecule has 14 heteroatoms. The van der Waals surface area contributed by atoms with Crippen LogP contribution in [-0.4, -0.2) is 96.9 Å². The SMILES string of the molecule is COC[NH+]1[C@H](C(N)=O)CS[C@H]1[C@@H](O)[C@@H](OC(C)=O)[C@H](OC(C)=O)[C@H](COC(C)=O)OC(C)=O. The number of amides is 1. The third-order valence-corrected chi connectivity index (χ3v) is 6.09. The fourth-order valence-electron chi connectivity index (χ4n) is 3.39. The largest absolute Gasteiger partial charge is 0.462 e. The van der Waals surface area contributed by atoms with Crippen LogP contribution in [0.15, 0.2) is 0 Å². The lowest BCUT2D eigenvalue weighted by atomic mass is 10.0. The minimum atomic E-state index is -1.55. The van der Waals surface area contributed by atoms with Crippen molar-refractivity contribution in [2.75, 3.05) is 26.2 Å². The van der Waals surface area contributed by atoms with Crippen molar-refractivity contribution in [1.82, 2.24) is 0 Å². The Balaban J connectivity index is 3.39. The molecule has 0 saturated carbocycles. The average Bonchev–Trinajstić information content (AvgIpc) is 3.11. The van der Waals surface area contributed by atoms with Gasteiger partial charge in [-0.1, -0.05) is 11.8 Å².